The molecule has 2 atom stereocenters. The molecule has 0 aliphatic carbocycles. The fraction of sp³-hybridized carbons (Fsp3) is 0.879. The molecule has 43 heavy (non-hydrogen) atoms. The van der Waals surface area contributed by atoms with Crippen LogP contribution in [-0.2, 0) is 32.7 Å². The summed E-state index contributed by atoms with van der Waals surface area (Å²) in [6, 6.07) is 0. The standard InChI is InChI=1S/C33H64NO8P/c1-3-5-7-9-11-13-14-15-16-18-20-22-24-26-33(36)42-31(30-41-43(37,38)40-28-27-34)29-39-32(35)25-23-21-19-17-12-10-8-6-4-2/h6,8,31H,3-5,7,9-30,34H2,1-2H3,(H,37,38)/b8-6-/t31-/m1/s1. The fourth-order valence-electron chi connectivity index (χ4n) is 4.64. The molecule has 0 aromatic heterocycles. The molecule has 0 aromatic rings. The number of carbonyl (C=O) groups is 2. The minimum Gasteiger partial charge on any atom is -0.462 e. The summed E-state index contributed by atoms with van der Waals surface area (Å²) in [5.74, 6) is -0.841. The molecule has 0 spiro atoms. The average molecular weight is 634 g/mol. The van der Waals surface area contributed by atoms with Crippen LogP contribution in [0.25, 0.3) is 0 Å². The molecule has 0 aliphatic rings. The summed E-state index contributed by atoms with van der Waals surface area (Å²) in [7, 11) is -4.36. The zero-order valence-electron chi connectivity index (χ0n) is 27.4. The average Bonchev–Trinajstić information content (AvgIpc) is 2.99. The molecule has 0 fully saturated rings. The van der Waals surface area contributed by atoms with Crippen molar-refractivity contribution in [3.05, 3.63) is 12.2 Å². The van der Waals surface area contributed by atoms with E-state index < -0.39 is 32.5 Å². The molecule has 1 unspecified atom stereocenters. The SMILES string of the molecule is CC/C=C\CCCCCCCC(=O)OC[C@H](COP(=O)(O)OCCN)OC(=O)CCCCCCCCCCCCCCC. The Bertz CT molecular complexity index is 734. The molecular formula is C33H64NO8P. The highest BCUT2D eigenvalue weighted by molar-refractivity contribution is 7.47. The Balaban J connectivity index is 4.26. The van der Waals surface area contributed by atoms with Crippen LogP contribution in [0.15, 0.2) is 12.2 Å². The number of nitrogens with two attached hydrogens (primary N) is 1. The van der Waals surface area contributed by atoms with Gasteiger partial charge in [0.1, 0.15) is 6.61 Å². The highest BCUT2D eigenvalue weighted by Crippen LogP contribution is 2.43. The minimum atomic E-state index is -4.36. The summed E-state index contributed by atoms with van der Waals surface area (Å²) in [5.41, 5.74) is 5.31. The van der Waals surface area contributed by atoms with Crippen LogP contribution in [0.4, 0.5) is 0 Å². The van der Waals surface area contributed by atoms with E-state index in [1.54, 1.807) is 0 Å². The Labute approximate surface area is 262 Å². The Kier molecular flexibility index (Phi) is 29.9. The minimum absolute atomic E-state index is 0.0545. The van der Waals surface area contributed by atoms with Crippen molar-refractivity contribution in [3.63, 3.8) is 0 Å². The second kappa shape index (κ2) is 30.8. The first-order valence-corrected chi connectivity index (χ1v) is 18.7. The van der Waals surface area contributed by atoms with E-state index in [9.17, 15) is 19.0 Å². The topological polar surface area (TPSA) is 134 Å². The lowest BCUT2D eigenvalue weighted by Gasteiger charge is -2.19. The van der Waals surface area contributed by atoms with Crippen molar-refractivity contribution >= 4 is 19.8 Å². The maximum absolute atomic E-state index is 12.4. The van der Waals surface area contributed by atoms with E-state index in [-0.39, 0.29) is 32.6 Å². The molecule has 0 aromatic carbocycles. The smallest absolute Gasteiger partial charge is 0.462 e. The summed E-state index contributed by atoms with van der Waals surface area (Å²) >= 11 is 0. The van der Waals surface area contributed by atoms with Gasteiger partial charge >= 0.3 is 19.8 Å². The molecule has 0 saturated heterocycles. The van der Waals surface area contributed by atoms with Gasteiger partial charge in [0.15, 0.2) is 6.10 Å². The van der Waals surface area contributed by atoms with Crippen LogP contribution < -0.4 is 5.73 Å². The third-order valence-corrected chi connectivity index (χ3v) is 8.15. The molecule has 254 valence electrons. The number of phosphoric ester groups is 1. The van der Waals surface area contributed by atoms with Gasteiger partial charge in [-0.15, -0.1) is 0 Å². The van der Waals surface area contributed by atoms with Gasteiger partial charge in [-0.3, -0.25) is 18.6 Å². The zero-order chi connectivity index (χ0) is 31.9. The van der Waals surface area contributed by atoms with E-state index in [0.29, 0.717) is 6.42 Å². The van der Waals surface area contributed by atoms with Crippen LogP contribution in [0.1, 0.15) is 155 Å². The van der Waals surface area contributed by atoms with Crippen molar-refractivity contribution < 1.29 is 37.6 Å². The highest BCUT2D eigenvalue weighted by atomic mass is 31.2. The van der Waals surface area contributed by atoms with Crippen molar-refractivity contribution in [2.24, 2.45) is 5.73 Å². The van der Waals surface area contributed by atoms with Gasteiger partial charge in [0, 0.05) is 19.4 Å². The fourth-order valence-corrected chi connectivity index (χ4v) is 5.40. The Hall–Kier alpha value is -1.25. The normalized spacial score (nSPS) is 13.7. The van der Waals surface area contributed by atoms with Gasteiger partial charge in [0.25, 0.3) is 0 Å². The molecule has 0 bridgehead atoms. The van der Waals surface area contributed by atoms with Crippen molar-refractivity contribution in [1.82, 2.24) is 0 Å². The van der Waals surface area contributed by atoms with Gasteiger partial charge in [0.05, 0.1) is 13.2 Å². The first kappa shape index (κ1) is 41.8. The lowest BCUT2D eigenvalue weighted by atomic mass is 10.0. The van der Waals surface area contributed by atoms with E-state index in [1.807, 2.05) is 0 Å². The predicted octanol–water partition coefficient (Wildman–Crippen LogP) is 8.71. The molecule has 10 heteroatoms. The number of hydrogen-bond acceptors (Lipinski definition) is 8. The Morgan fingerprint density at radius 1 is 0.698 bits per heavy atom. The first-order chi connectivity index (χ1) is 20.8. The molecule has 3 N–H and O–H groups in total. The molecule has 0 amide bonds. The van der Waals surface area contributed by atoms with E-state index in [2.05, 4.69) is 26.0 Å². The van der Waals surface area contributed by atoms with E-state index in [4.69, 9.17) is 24.3 Å². The number of esters is 2. The van der Waals surface area contributed by atoms with Crippen LogP contribution in [0.5, 0.6) is 0 Å². The monoisotopic (exact) mass is 633 g/mol. The summed E-state index contributed by atoms with van der Waals surface area (Å²) in [4.78, 5) is 34.5. The van der Waals surface area contributed by atoms with Gasteiger partial charge in [-0.25, -0.2) is 4.57 Å². The summed E-state index contributed by atoms with van der Waals surface area (Å²) in [6.45, 7) is 3.60. The predicted molar refractivity (Wildman–Crippen MR) is 174 cm³/mol. The quantitative estimate of drug-likeness (QED) is 0.0323. The maximum atomic E-state index is 12.4. The summed E-state index contributed by atoms with van der Waals surface area (Å²) < 4.78 is 32.5. The Morgan fingerprint density at radius 3 is 1.74 bits per heavy atom. The molecule has 0 radical (unpaired) electrons. The van der Waals surface area contributed by atoms with Crippen molar-refractivity contribution in [3.8, 4) is 0 Å². The van der Waals surface area contributed by atoms with Gasteiger partial charge < -0.3 is 20.1 Å². The van der Waals surface area contributed by atoms with Gasteiger partial charge in [-0.05, 0) is 32.1 Å². The van der Waals surface area contributed by atoms with E-state index >= 15 is 0 Å². The van der Waals surface area contributed by atoms with Crippen molar-refractivity contribution in [2.45, 2.75) is 161 Å². The van der Waals surface area contributed by atoms with Crippen molar-refractivity contribution in [1.29, 1.82) is 0 Å². The maximum Gasteiger partial charge on any atom is 0.472 e. The van der Waals surface area contributed by atoms with Gasteiger partial charge in [-0.1, -0.05) is 122 Å². The number of carbonyl (C=O) groups excluding carboxylic acids is 2. The third kappa shape index (κ3) is 30.6. The van der Waals surface area contributed by atoms with Gasteiger partial charge in [0.2, 0.25) is 0 Å². The lowest BCUT2D eigenvalue weighted by Crippen LogP contribution is -2.29. The highest BCUT2D eigenvalue weighted by Gasteiger charge is 2.25. The van der Waals surface area contributed by atoms with Crippen LogP contribution >= 0.6 is 7.82 Å². The van der Waals surface area contributed by atoms with Crippen LogP contribution in [0.2, 0.25) is 0 Å². The third-order valence-electron chi connectivity index (χ3n) is 7.16. The summed E-state index contributed by atoms with van der Waals surface area (Å²) in [5, 5.41) is 0. The number of rotatable bonds is 32. The molecule has 9 nitrogen and oxygen atoms in total. The number of hydrogen-bond donors (Lipinski definition) is 2. The molecule has 0 heterocycles. The summed E-state index contributed by atoms with van der Waals surface area (Å²) in [6.07, 6.45) is 26.8. The lowest BCUT2D eigenvalue weighted by molar-refractivity contribution is -0.161. The van der Waals surface area contributed by atoms with Crippen LogP contribution in [0.3, 0.4) is 0 Å². The van der Waals surface area contributed by atoms with Crippen LogP contribution in [-0.4, -0.2) is 49.3 Å². The second-order valence-corrected chi connectivity index (χ2v) is 12.8. The van der Waals surface area contributed by atoms with Crippen LogP contribution in [0, 0.1) is 0 Å². The van der Waals surface area contributed by atoms with E-state index in [1.165, 1.54) is 64.2 Å². The van der Waals surface area contributed by atoms with Crippen molar-refractivity contribution in [2.75, 3.05) is 26.4 Å². The number of allylic oxidation sites excluding steroid dienone is 2. The Morgan fingerprint density at radius 2 is 1.21 bits per heavy atom. The van der Waals surface area contributed by atoms with Gasteiger partial charge in [-0.2, -0.15) is 0 Å². The number of unbranched alkanes of at least 4 members (excludes halogenated alkanes) is 17. The second-order valence-electron chi connectivity index (χ2n) is 11.4. The number of phosphoric acid groups is 1. The molecule has 0 saturated carbocycles. The molecular weight excluding hydrogens is 569 g/mol. The van der Waals surface area contributed by atoms with E-state index in [0.717, 1.165) is 57.8 Å². The molecule has 0 rings (SSSR count). The number of ether oxygens (including phenoxy) is 2. The zero-order valence-corrected chi connectivity index (χ0v) is 28.3. The first-order valence-electron chi connectivity index (χ1n) is 17.2. The molecule has 0 aliphatic heterocycles. The largest absolute Gasteiger partial charge is 0.472 e.